The van der Waals surface area contributed by atoms with Gasteiger partial charge in [0.25, 0.3) is 0 Å². The molecule has 1 N–H and O–H groups in total. The number of para-hydroxylation sites is 1. The molecule has 0 aliphatic carbocycles. The maximum absolute atomic E-state index is 12.5. The van der Waals surface area contributed by atoms with Crippen LogP contribution in [0.4, 0.5) is 5.13 Å². The fourth-order valence-electron chi connectivity index (χ4n) is 2.53. The summed E-state index contributed by atoms with van der Waals surface area (Å²) >= 11 is 2.74. The summed E-state index contributed by atoms with van der Waals surface area (Å²) in [7, 11) is 1.62. The molecule has 3 aromatic rings. The van der Waals surface area contributed by atoms with Crippen LogP contribution in [0.5, 0.6) is 5.75 Å². The maximum atomic E-state index is 12.5. The van der Waals surface area contributed by atoms with Gasteiger partial charge in [-0.25, -0.2) is 4.98 Å². The van der Waals surface area contributed by atoms with Gasteiger partial charge in [0, 0.05) is 11.9 Å². The van der Waals surface area contributed by atoms with Gasteiger partial charge in [0.15, 0.2) is 16.1 Å². The normalized spacial score (nSPS) is 11.8. The molecular formula is C19H21N5O2S2. The Morgan fingerprint density at radius 3 is 2.89 bits per heavy atom. The Bertz CT molecular complexity index is 982. The van der Waals surface area contributed by atoms with E-state index in [1.165, 1.54) is 23.1 Å². The Balaban J connectivity index is 1.83. The molecule has 0 aliphatic rings. The van der Waals surface area contributed by atoms with Crippen molar-refractivity contribution in [2.24, 2.45) is 0 Å². The number of carbonyl (C=O) groups is 1. The maximum Gasteiger partial charge on any atom is 0.239 e. The van der Waals surface area contributed by atoms with Crippen molar-refractivity contribution in [2.45, 2.75) is 30.8 Å². The lowest BCUT2D eigenvalue weighted by atomic mass is 10.2. The minimum Gasteiger partial charge on any atom is -0.496 e. The highest BCUT2D eigenvalue weighted by molar-refractivity contribution is 8.00. The van der Waals surface area contributed by atoms with E-state index in [0.29, 0.717) is 28.4 Å². The van der Waals surface area contributed by atoms with E-state index < -0.39 is 0 Å². The molecular weight excluding hydrogens is 394 g/mol. The van der Waals surface area contributed by atoms with Crippen LogP contribution in [0, 0.1) is 6.92 Å². The van der Waals surface area contributed by atoms with Crippen molar-refractivity contribution >= 4 is 34.1 Å². The third kappa shape index (κ3) is 4.42. The molecule has 0 spiro atoms. The third-order valence-electron chi connectivity index (χ3n) is 3.88. The van der Waals surface area contributed by atoms with Crippen molar-refractivity contribution in [1.29, 1.82) is 0 Å². The molecule has 0 fully saturated rings. The minimum atomic E-state index is -0.373. The first-order chi connectivity index (χ1) is 13.5. The smallest absolute Gasteiger partial charge is 0.239 e. The van der Waals surface area contributed by atoms with Gasteiger partial charge >= 0.3 is 0 Å². The number of nitrogens with zero attached hydrogens (tertiary/aromatic N) is 4. The first kappa shape index (κ1) is 20.1. The molecule has 2 heterocycles. The van der Waals surface area contributed by atoms with Gasteiger partial charge in [-0.2, -0.15) is 0 Å². The Hall–Kier alpha value is -2.65. The molecule has 0 bridgehead atoms. The number of methoxy groups -OCH3 is 1. The quantitative estimate of drug-likeness (QED) is 0.442. The summed E-state index contributed by atoms with van der Waals surface area (Å²) in [6.07, 6.45) is 1.77. The van der Waals surface area contributed by atoms with Crippen molar-refractivity contribution in [2.75, 3.05) is 12.4 Å². The molecule has 2 aromatic heterocycles. The Morgan fingerprint density at radius 2 is 2.21 bits per heavy atom. The lowest BCUT2D eigenvalue weighted by molar-refractivity contribution is -0.115. The number of aryl methyl sites for hydroxylation is 1. The van der Waals surface area contributed by atoms with Crippen LogP contribution in [0.25, 0.3) is 11.4 Å². The van der Waals surface area contributed by atoms with Crippen LogP contribution in [0.15, 0.2) is 47.5 Å². The Kier molecular flexibility index (Phi) is 6.48. The summed E-state index contributed by atoms with van der Waals surface area (Å²) in [6.45, 7) is 8.06. The Morgan fingerprint density at radius 1 is 1.43 bits per heavy atom. The Labute approximate surface area is 171 Å². The van der Waals surface area contributed by atoms with Crippen LogP contribution >= 0.6 is 23.1 Å². The van der Waals surface area contributed by atoms with E-state index in [-0.39, 0.29) is 11.2 Å². The highest BCUT2D eigenvalue weighted by Crippen LogP contribution is 2.32. The molecule has 9 heteroatoms. The summed E-state index contributed by atoms with van der Waals surface area (Å²) < 4.78 is 7.37. The van der Waals surface area contributed by atoms with Crippen LogP contribution in [0.2, 0.25) is 0 Å². The van der Waals surface area contributed by atoms with E-state index in [2.05, 4.69) is 27.1 Å². The molecule has 7 nitrogen and oxygen atoms in total. The van der Waals surface area contributed by atoms with Gasteiger partial charge in [0.05, 0.1) is 23.6 Å². The molecule has 0 saturated heterocycles. The first-order valence-corrected chi connectivity index (χ1v) is 10.4. The summed E-state index contributed by atoms with van der Waals surface area (Å²) in [4.78, 5) is 16.8. The number of thioether (sulfide) groups is 1. The number of carbonyl (C=O) groups excluding carboxylic acids is 1. The number of ether oxygens (including phenoxy) is 1. The molecule has 0 radical (unpaired) electrons. The van der Waals surface area contributed by atoms with Gasteiger partial charge in [-0.15, -0.1) is 28.1 Å². The topological polar surface area (TPSA) is 81.9 Å². The van der Waals surface area contributed by atoms with Gasteiger partial charge in [0.1, 0.15) is 5.75 Å². The molecule has 1 unspecified atom stereocenters. The molecule has 1 aromatic carbocycles. The lowest BCUT2D eigenvalue weighted by Crippen LogP contribution is -2.22. The van der Waals surface area contributed by atoms with Gasteiger partial charge < -0.3 is 10.1 Å². The van der Waals surface area contributed by atoms with Gasteiger partial charge in [0.2, 0.25) is 5.91 Å². The number of aromatic nitrogens is 4. The van der Waals surface area contributed by atoms with E-state index in [0.717, 1.165) is 11.3 Å². The van der Waals surface area contributed by atoms with Crippen LogP contribution in [0.1, 0.15) is 12.6 Å². The van der Waals surface area contributed by atoms with E-state index in [1.54, 1.807) is 13.2 Å². The zero-order valence-corrected chi connectivity index (χ0v) is 17.5. The zero-order chi connectivity index (χ0) is 20.1. The third-order valence-corrected chi connectivity index (χ3v) is 5.83. The van der Waals surface area contributed by atoms with Crippen LogP contribution in [-0.2, 0) is 11.3 Å². The minimum absolute atomic E-state index is 0.133. The van der Waals surface area contributed by atoms with Crippen LogP contribution in [0.3, 0.4) is 0 Å². The molecule has 28 heavy (non-hydrogen) atoms. The number of anilines is 1. The van der Waals surface area contributed by atoms with Crippen molar-refractivity contribution in [3.63, 3.8) is 0 Å². The SMILES string of the molecule is C=CCn1c(SC(C)C(=O)Nc2nc(C)cs2)nnc1-c1ccccc1OC. The van der Waals surface area contributed by atoms with Gasteiger partial charge in [-0.05, 0) is 26.0 Å². The monoisotopic (exact) mass is 415 g/mol. The summed E-state index contributed by atoms with van der Waals surface area (Å²) in [5.74, 6) is 1.25. The number of hydrogen-bond acceptors (Lipinski definition) is 7. The first-order valence-electron chi connectivity index (χ1n) is 8.60. The fraction of sp³-hybridized carbons (Fsp3) is 0.263. The van der Waals surface area contributed by atoms with Crippen molar-refractivity contribution in [3.8, 4) is 17.1 Å². The molecule has 3 rings (SSSR count). The van der Waals surface area contributed by atoms with Crippen LogP contribution < -0.4 is 10.1 Å². The number of thiazole rings is 1. The number of amides is 1. The average molecular weight is 416 g/mol. The van der Waals surface area contributed by atoms with E-state index >= 15 is 0 Å². The van der Waals surface area contributed by atoms with Crippen molar-refractivity contribution in [1.82, 2.24) is 19.7 Å². The summed E-state index contributed by atoms with van der Waals surface area (Å²) in [6, 6.07) is 7.63. The predicted molar refractivity (Wildman–Crippen MR) is 113 cm³/mol. The highest BCUT2D eigenvalue weighted by atomic mass is 32.2. The predicted octanol–water partition coefficient (Wildman–Crippen LogP) is 4.02. The molecule has 1 atom stereocenters. The lowest BCUT2D eigenvalue weighted by Gasteiger charge is -2.13. The van der Waals surface area contributed by atoms with Gasteiger partial charge in [-0.3, -0.25) is 9.36 Å². The summed E-state index contributed by atoms with van der Waals surface area (Å²) in [5.41, 5.74) is 1.72. The number of allylic oxidation sites excluding steroid dienone is 1. The molecule has 0 saturated carbocycles. The summed E-state index contributed by atoms with van der Waals surface area (Å²) in [5, 5.41) is 14.2. The van der Waals surface area contributed by atoms with Crippen molar-refractivity contribution in [3.05, 3.63) is 48.0 Å². The number of nitrogens with one attached hydrogen (secondary N) is 1. The molecule has 146 valence electrons. The van der Waals surface area contributed by atoms with Gasteiger partial charge in [-0.1, -0.05) is 30.0 Å². The second-order valence-corrected chi connectivity index (χ2v) is 8.12. The second kappa shape index (κ2) is 9.03. The van der Waals surface area contributed by atoms with Crippen LogP contribution in [-0.4, -0.2) is 38.0 Å². The van der Waals surface area contributed by atoms with E-state index in [4.69, 9.17) is 4.74 Å². The standard InChI is InChI=1S/C19H21N5O2S2/c1-5-10-24-16(14-8-6-7-9-15(14)26-4)22-23-19(24)28-13(3)17(25)21-18-20-12(2)11-27-18/h5-9,11,13H,1,10H2,2-4H3,(H,20,21,25). The molecule has 0 aliphatic heterocycles. The molecule has 1 amide bonds. The average Bonchev–Trinajstić information content (AvgIpc) is 3.28. The number of hydrogen-bond donors (Lipinski definition) is 1. The number of rotatable bonds is 8. The highest BCUT2D eigenvalue weighted by Gasteiger charge is 2.22. The fourth-order valence-corrected chi connectivity index (χ4v) is 4.08. The second-order valence-electron chi connectivity index (χ2n) is 5.95. The van der Waals surface area contributed by atoms with E-state index in [9.17, 15) is 4.79 Å². The van der Waals surface area contributed by atoms with Crippen molar-refractivity contribution < 1.29 is 9.53 Å². The largest absolute Gasteiger partial charge is 0.496 e. The zero-order valence-electron chi connectivity index (χ0n) is 15.9. The van der Waals surface area contributed by atoms with E-state index in [1.807, 2.05) is 48.1 Å². The number of benzene rings is 1.